The van der Waals surface area contributed by atoms with E-state index in [1.54, 1.807) is 23.1 Å². The Morgan fingerprint density at radius 3 is 2.39 bits per heavy atom. The maximum Gasteiger partial charge on any atom is 0.322 e. The van der Waals surface area contributed by atoms with Crippen LogP contribution in [0.1, 0.15) is 32.3 Å². The van der Waals surface area contributed by atoms with Gasteiger partial charge in [-0.1, -0.05) is 66.5 Å². The number of urea groups is 1. The van der Waals surface area contributed by atoms with Crippen molar-refractivity contribution >= 4 is 40.8 Å². The minimum Gasteiger partial charge on any atom is -0.340 e. The fourth-order valence-corrected chi connectivity index (χ4v) is 4.25. The molecule has 1 N–H and O–H groups in total. The van der Waals surface area contributed by atoms with Gasteiger partial charge in [0.1, 0.15) is 0 Å². The van der Waals surface area contributed by atoms with E-state index in [9.17, 15) is 9.59 Å². The number of amides is 3. The van der Waals surface area contributed by atoms with E-state index in [0.29, 0.717) is 41.8 Å². The maximum absolute atomic E-state index is 13.0. The van der Waals surface area contributed by atoms with Crippen molar-refractivity contribution in [3.8, 4) is 0 Å². The zero-order valence-corrected chi connectivity index (χ0v) is 20.8. The summed E-state index contributed by atoms with van der Waals surface area (Å²) in [6.45, 7) is 8.36. The Bertz CT molecular complexity index is 933. The predicted octanol–water partition coefficient (Wildman–Crippen LogP) is 5.36. The number of halogens is 2. The minimum absolute atomic E-state index is 0.0153. The highest BCUT2D eigenvalue weighted by atomic mass is 35.5. The molecular weight excluding hydrogens is 459 g/mol. The lowest BCUT2D eigenvalue weighted by Crippen LogP contribution is -2.49. The molecule has 0 spiro atoms. The molecule has 2 aromatic rings. The van der Waals surface area contributed by atoms with Crippen LogP contribution in [0.4, 0.5) is 10.5 Å². The summed E-state index contributed by atoms with van der Waals surface area (Å²) in [6.07, 6.45) is 1.07. The molecule has 1 unspecified atom stereocenters. The van der Waals surface area contributed by atoms with Crippen molar-refractivity contribution in [1.82, 2.24) is 14.7 Å². The summed E-state index contributed by atoms with van der Waals surface area (Å²) in [5, 5.41) is 3.52. The smallest absolute Gasteiger partial charge is 0.322 e. The van der Waals surface area contributed by atoms with E-state index >= 15 is 0 Å². The molecule has 1 aliphatic heterocycles. The molecule has 1 saturated heterocycles. The second-order valence-electron chi connectivity index (χ2n) is 8.37. The molecule has 0 bridgehead atoms. The normalized spacial score (nSPS) is 15.2. The second-order valence-corrected chi connectivity index (χ2v) is 9.16. The Kier molecular flexibility index (Phi) is 9.41. The summed E-state index contributed by atoms with van der Waals surface area (Å²) >= 11 is 12.3. The van der Waals surface area contributed by atoms with Crippen LogP contribution in [0.25, 0.3) is 0 Å². The third-order valence-electron chi connectivity index (χ3n) is 6.12. The summed E-state index contributed by atoms with van der Waals surface area (Å²) < 4.78 is 0. The van der Waals surface area contributed by atoms with Crippen LogP contribution in [0.2, 0.25) is 10.0 Å². The fourth-order valence-electron chi connectivity index (χ4n) is 3.90. The molecule has 8 heteroatoms. The van der Waals surface area contributed by atoms with Crippen molar-refractivity contribution in [2.24, 2.45) is 0 Å². The first kappa shape index (κ1) is 25.3. The summed E-state index contributed by atoms with van der Waals surface area (Å²) in [4.78, 5) is 31.8. The van der Waals surface area contributed by atoms with E-state index in [1.165, 1.54) is 5.56 Å². The van der Waals surface area contributed by atoms with Crippen LogP contribution in [0.15, 0.2) is 48.5 Å². The van der Waals surface area contributed by atoms with E-state index in [0.717, 1.165) is 26.1 Å². The minimum atomic E-state index is -0.283. The molecule has 3 amide bonds. The number of carbonyl (C=O) groups excluding carboxylic acids is 2. The molecule has 178 valence electrons. The number of hydrogen-bond acceptors (Lipinski definition) is 3. The van der Waals surface area contributed by atoms with Gasteiger partial charge in [0.25, 0.3) is 0 Å². The number of carbonyl (C=O) groups is 2. The number of rotatable bonds is 8. The quantitative estimate of drug-likeness (QED) is 0.541. The maximum atomic E-state index is 13.0. The van der Waals surface area contributed by atoms with Crippen molar-refractivity contribution < 1.29 is 9.59 Å². The second kappa shape index (κ2) is 12.3. The molecule has 3 rings (SSSR count). The molecule has 2 aromatic carbocycles. The zero-order valence-electron chi connectivity index (χ0n) is 19.3. The highest BCUT2D eigenvalue weighted by Crippen LogP contribution is 2.29. The number of hydrogen-bond donors (Lipinski definition) is 1. The van der Waals surface area contributed by atoms with E-state index in [1.807, 2.05) is 24.8 Å². The number of nitrogens with zero attached hydrogens (tertiary/aromatic N) is 3. The van der Waals surface area contributed by atoms with E-state index in [-0.39, 0.29) is 18.0 Å². The Morgan fingerprint density at radius 2 is 1.73 bits per heavy atom. The summed E-state index contributed by atoms with van der Waals surface area (Å²) in [7, 11) is 0. The molecule has 1 aliphatic rings. The fraction of sp³-hybridized carbons (Fsp3) is 0.440. The summed E-state index contributed by atoms with van der Waals surface area (Å²) in [5.41, 5.74) is 1.75. The van der Waals surface area contributed by atoms with Crippen LogP contribution < -0.4 is 5.32 Å². The number of nitrogens with one attached hydrogen (secondary N) is 1. The lowest BCUT2D eigenvalue weighted by Gasteiger charge is -2.35. The lowest BCUT2D eigenvalue weighted by molar-refractivity contribution is -0.133. The van der Waals surface area contributed by atoms with Gasteiger partial charge < -0.3 is 15.1 Å². The Hall–Kier alpha value is -2.28. The van der Waals surface area contributed by atoms with Crippen molar-refractivity contribution in [3.05, 3.63) is 64.1 Å². The average Bonchev–Trinajstić information content (AvgIpc) is 2.83. The first-order chi connectivity index (χ1) is 15.9. The third kappa shape index (κ3) is 7.10. The van der Waals surface area contributed by atoms with E-state index in [2.05, 4.69) is 34.5 Å². The molecule has 6 nitrogen and oxygen atoms in total. The van der Waals surface area contributed by atoms with Crippen LogP contribution >= 0.6 is 23.2 Å². The van der Waals surface area contributed by atoms with Gasteiger partial charge in [-0.3, -0.25) is 9.69 Å². The SMILES string of the molecule is CCC(C)N(CCC(=O)N1CCN(Cc2ccccc2)CC1)C(=O)Nc1cccc(Cl)c1Cl. The molecule has 0 radical (unpaired) electrons. The van der Waals surface area contributed by atoms with Gasteiger partial charge >= 0.3 is 6.03 Å². The third-order valence-corrected chi connectivity index (χ3v) is 6.94. The van der Waals surface area contributed by atoms with E-state index < -0.39 is 0 Å². The number of benzene rings is 2. The summed E-state index contributed by atoms with van der Waals surface area (Å²) in [5.74, 6) is 0.0799. The largest absolute Gasteiger partial charge is 0.340 e. The van der Waals surface area contributed by atoms with Crippen molar-refractivity contribution in [2.45, 2.75) is 39.3 Å². The van der Waals surface area contributed by atoms with Gasteiger partial charge in [0.15, 0.2) is 0 Å². The van der Waals surface area contributed by atoms with Crippen LogP contribution in [0, 0.1) is 0 Å². The van der Waals surface area contributed by atoms with Crippen LogP contribution in [-0.4, -0.2) is 65.4 Å². The van der Waals surface area contributed by atoms with Gasteiger partial charge in [0, 0.05) is 51.7 Å². The van der Waals surface area contributed by atoms with Gasteiger partial charge in [-0.05, 0) is 31.0 Å². The monoisotopic (exact) mass is 490 g/mol. The molecule has 0 saturated carbocycles. The molecule has 1 atom stereocenters. The van der Waals surface area contributed by atoms with Gasteiger partial charge in [-0.15, -0.1) is 0 Å². The summed E-state index contributed by atoms with van der Waals surface area (Å²) in [6, 6.07) is 15.2. The molecule has 33 heavy (non-hydrogen) atoms. The van der Waals surface area contributed by atoms with Gasteiger partial charge in [0.2, 0.25) is 5.91 Å². The topological polar surface area (TPSA) is 55.9 Å². The first-order valence-electron chi connectivity index (χ1n) is 11.4. The zero-order chi connectivity index (χ0) is 23.8. The lowest BCUT2D eigenvalue weighted by atomic mass is 10.2. The van der Waals surface area contributed by atoms with Crippen LogP contribution in [0.5, 0.6) is 0 Å². The van der Waals surface area contributed by atoms with E-state index in [4.69, 9.17) is 23.2 Å². The molecule has 0 aliphatic carbocycles. The highest BCUT2D eigenvalue weighted by molar-refractivity contribution is 6.43. The Balaban J connectivity index is 1.51. The van der Waals surface area contributed by atoms with Crippen molar-refractivity contribution in [3.63, 3.8) is 0 Å². The van der Waals surface area contributed by atoms with Gasteiger partial charge in [0.05, 0.1) is 15.7 Å². The first-order valence-corrected chi connectivity index (χ1v) is 12.2. The Morgan fingerprint density at radius 1 is 1.03 bits per heavy atom. The number of piperazine rings is 1. The number of anilines is 1. The van der Waals surface area contributed by atoms with Crippen molar-refractivity contribution in [2.75, 3.05) is 38.0 Å². The van der Waals surface area contributed by atoms with Gasteiger partial charge in [-0.25, -0.2) is 4.79 Å². The molecule has 1 heterocycles. The molecular formula is C25H32Cl2N4O2. The standard InChI is InChI=1S/C25H32Cl2N4O2/c1-3-19(2)31(25(33)28-22-11-7-10-21(26)24(22)27)13-12-23(32)30-16-14-29(15-17-30)18-20-8-5-4-6-9-20/h4-11,19H,3,12-18H2,1-2H3,(H,28,33). The van der Waals surface area contributed by atoms with Crippen LogP contribution in [0.3, 0.4) is 0 Å². The predicted molar refractivity (Wildman–Crippen MR) is 135 cm³/mol. The highest BCUT2D eigenvalue weighted by Gasteiger charge is 2.25. The average molecular weight is 491 g/mol. The molecule has 0 aromatic heterocycles. The van der Waals surface area contributed by atoms with Crippen LogP contribution in [-0.2, 0) is 11.3 Å². The van der Waals surface area contributed by atoms with Crippen molar-refractivity contribution in [1.29, 1.82) is 0 Å². The van der Waals surface area contributed by atoms with Gasteiger partial charge in [-0.2, -0.15) is 0 Å². The molecule has 1 fully saturated rings. The Labute approximate surface area is 206 Å².